The van der Waals surface area contributed by atoms with Crippen LogP contribution in [0.2, 0.25) is 0 Å². The second-order valence-corrected chi connectivity index (χ2v) is 19.2. The van der Waals surface area contributed by atoms with Gasteiger partial charge in [0, 0.05) is 59.0 Å². The zero-order chi connectivity index (χ0) is 44.4. The Morgan fingerprint density at radius 2 is 1.20 bits per heavy atom. The molecule has 4 nitrogen and oxygen atoms in total. The number of benzene rings is 7. The second-order valence-electron chi connectivity index (χ2n) is 16.7. The third-order valence-electron chi connectivity index (χ3n) is 12.1. The Balaban J connectivity index is 1.21. The van der Waals surface area contributed by atoms with Crippen molar-refractivity contribution in [2.75, 3.05) is 9.80 Å². The molecule has 0 N–H and O–H groups in total. The largest absolute Gasteiger partial charge is 0.454 e. The van der Waals surface area contributed by atoms with Crippen molar-refractivity contribution in [2.45, 2.75) is 39.5 Å². The fourth-order valence-electron chi connectivity index (χ4n) is 9.07. The van der Waals surface area contributed by atoms with Gasteiger partial charge >= 0.3 is 0 Å². The van der Waals surface area contributed by atoms with Gasteiger partial charge in [-0.05, 0) is 92.7 Å². The van der Waals surface area contributed by atoms with Gasteiger partial charge in [-0.25, -0.2) is 8.78 Å². The molecule has 3 heterocycles. The van der Waals surface area contributed by atoms with Crippen molar-refractivity contribution < 1.29 is 17.6 Å². The van der Waals surface area contributed by atoms with Crippen molar-refractivity contribution in [3.05, 3.63) is 205 Å². The van der Waals surface area contributed by atoms with Crippen molar-refractivity contribution in [2.24, 2.45) is 0 Å². The standard InChI is InChI=1S/C57H45F2IN2O2/c1-8-37-23-29-47-49(62(40-27-25-39(59)26-28-40)51-20-12-18-46-44-16-10-14-42(34(4)5)55(44)64-57(46)51)30-24-38-31-60-48(53(37)52(38)47)32-61(36(7)22-21-35(6)58)50-19-11-17-45-43-15-9-13-41(33(2)3)54(43)63-56(45)50/h8-34H,1,6-7H2,2-5H3/b22-21-,48-32-. The molecule has 0 spiro atoms. The maximum absolute atomic E-state index is 14.7. The van der Waals surface area contributed by atoms with Crippen LogP contribution >= 0.6 is 20.7 Å². The molecule has 0 fully saturated rings. The molecule has 10 rings (SSSR count). The first kappa shape index (κ1) is 41.2. The molecule has 0 amide bonds. The van der Waals surface area contributed by atoms with E-state index in [-0.39, 0.29) is 17.7 Å². The summed E-state index contributed by atoms with van der Waals surface area (Å²) in [6.45, 7) is 20.9. The highest BCUT2D eigenvalue weighted by Crippen LogP contribution is 2.50. The molecular weight excluding hydrogens is 910 g/mol. The van der Waals surface area contributed by atoms with Crippen LogP contribution in [0, 0.1) is 5.82 Å². The van der Waals surface area contributed by atoms with Crippen molar-refractivity contribution in [1.29, 1.82) is 0 Å². The van der Waals surface area contributed by atoms with Crippen LogP contribution < -0.4 is 9.80 Å². The lowest BCUT2D eigenvalue weighted by molar-refractivity contribution is 0.628. The highest BCUT2D eigenvalue weighted by Gasteiger charge is 2.27. The molecule has 1 aliphatic heterocycles. The summed E-state index contributed by atoms with van der Waals surface area (Å²) in [6, 6.07) is 40.3. The van der Waals surface area contributed by atoms with E-state index in [0.29, 0.717) is 11.3 Å². The van der Waals surface area contributed by atoms with Crippen molar-refractivity contribution in [3.63, 3.8) is 0 Å². The summed E-state index contributed by atoms with van der Waals surface area (Å²) in [4.78, 5) is 4.19. The SMILES string of the molecule is C=Cc1ccc2c(N(c3ccc(F)cc3)c3cccc4c3oc3c(C(C)C)cccc34)ccc3c2c1/C(=C/N(C(=C)/C=C\C(=C)F)c1cccc2c1oc1c(C(C)C)cccc12)I=C3. The average Bonchev–Trinajstić information content (AvgIpc) is 3.88. The number of allylic oxidation sites excluding steroid dienone is 3. The molecule has 64 heavy (non-hydrogen) atoms. The van der Waals surface area contributed by atoms with Gasteiger partial charge in [-0.1, -0.05) is 153 Å². The molecule has 0 saturated heterocycles. The minimum Gasteiger partial charge on any atom is -0.454 e. The Labute approximate surface area is 381 Å². The van der Waals surface area contributed by atoms with Crippen LogP contribution in [0.4, 0.5) is 31.5 Å². The molecular formula is C57H45F2IN2O2. The van der Waals surface area contributed by atoms with E-state index in [1.807, 2.05) is 35.2 Å². The molecule has 1 aliphatic rings. The Hall–Kier alpha value is -6.84. The summed E-state index contributed by atoms with van der Waals surface area (Å²) < 4.78 is 46.1. The molecule has 0 saturated carbocycles. The quantitative estimate of drug-likeness (QED) is 0.0955. The maximum atomic E-state index is 14.7. The van der Waals surface area contributed by atoms with E-state index in [1.54, 1.807) is 6.08 Å². The number of rotatable bonds is 11. The van der Waals surface area contributed by atoms with Gasteiger partial charge in [0.15, 0.2) is 11.2 Å². The van der Waals surface area contributed by atoms with Gasteiger partial charge in [0.05, 0.1) is 17.1 Å². The number of para-hydroxylation sites is 4. The fraction of sp³-hybridized carbons (Fsp3) is 0.105. The third-order valence-corrected chi connectivity index (χ3v) is 14.6. The van der Waals surface area contributed by atoms with Gasteiger partial charge in [-0.15, -0.1) is 0 Å². The summed E-state index contributed by atoms with van der Waals surface area (Å²) in [5.74, 6) is -0.366. The topological polar surface area (TPSA) is 32.8 Å². The van der Waals surface area contributed by atoms with E-state index < -0.39 is 26.6 Å². The number of nitrogens with zero attached hydrogens (tertiary/aromatic N) is 2. The monoisotopic (exact) mass is 954 g/mol. The molecule has 7 heteroatoms. The van der Waals surface area contributed by atoms with Crippen molar-refractivity contribution in [1.82, 2.24) is 0 Å². The van der Waals surface area contributed by atoms with Gasteiger partial charge in [0.1, 0.15) is 22.8 Å². The smallest absolute Gasteiger partial charge is 0.159 e. The van der Waals surface area contributed by atoms with E-state index in [4.69, 9.17) is 8.83 Å². The van der Waals surface area contributed by atoms with E-state index in [9.17, 15) is 8.78 Å². The van der Waals surface area contributed by atoms with Gasteiger partial charge < -0.3 is 18.6 Å². The van der Waals surface area contributed by atoms with Crippen LogP contribution in [0.5, 0.6) is 0 Å². The Kier molecular flexibility index (Phi) is 10.5. The third kappa shape index (κ3) is 6.90. The molecule has 9 aromatic rings. The summed E-state index contributed by atoms with van der Waals surface area (Å²) >= 11 is -0.717. The van der Waals surface area contributed by atoms with Crippen LogP contribution in [0.1, 0.15) is 67.3 Å². The van der Waals surface area contributed by atoms with Crippen LogP contribution in [0.3, 0.4) is 0 Å². The normalized spacial score (nSPS) is 13.3. The minimum atomic E-state index is -0.717. The number of furan rings is 2. The lowest BCUT2D eigenvalue weighted by Crippen LogP contribution is -2.15. The maximum Gasteiger partial charge on any atom is 0.159 e. The molecule has 0 aliphatic carbocycles. The predicted octanol–water partition coefficient (Wildman–Crippen LogP) is 17.6. The zero-order valence-electron chi connectivity index (χ0n) is 36.1. The van der Waals surface area contributed by atoms with Gasteiger partial charge in [-0.3, -0.25) is 0 Å². The van der Waals surface area contributed by atoms with Crippen LogP contribution in [0.15, 0.2) is 180 Å². The summed E-state index contributed by atoms with van der Waals surface area (Å²) in [5.41, 5.74) is 12.5. The Morgan fingerprint density at radius 1 is 0.625 bits per heavy atom. The lowest BCUT2D eigenvalue weighted by Gasteiger charge is -2.29. The van der Waals surface area contributed by atoms with Gasteiger partial charge in [0.2, 0.25) is 0 Å². The Bertz CT molecular complexity index is 3490. The number of anilines is 4. The van der Waals surface area contributed by atoms with Crippen molar-refractivity contribution >= 4 is 112 Å². The van der Waals surface area contributed by atoms with Crippen LogP contribution in [0.25, 0.3) is 64.3 Å². The molecule has 0 atom stereocenters. The highest BCUT2D eigenvalue weighted by molar-refractivity contribution is 14.2. The summed E-state index contributed by atoms with van der Waals surface area (Å²) in [5, 5.41) is 6.16. The molecule has 7 aromatic carbocycles. The predicted molar refractivity (Wildman–Crippen MR) is 276 cm³/mol. The van der Waals surface area contributed by atoms with E-state index in [0.717, 1.165) is 103 Å². The number of hydrogen-bond donors (Lipinski definition) is 0. The molecule has 316 valence electrons. The molecule has 0 unspecified atom stereocenters. The number of hydrogen-bond acceptors (Lipinski definition) is 4. The van der Waals surface area contributed by atoms with Gasteiger partial charge in [0.25, 0.3) is 0 Å². The van der Waals surface area contributed by atoms with E-state index >= 15 is 0 Å². The molecule has 0 bridgehead atoms. The lowest BCUT2D eigenvalue weighted by atomic mass is 9.93. The van der Waals surface area contributed by atoms with E-state index in [2.05, 4.69) is 147 Å². The van der Waals surface area contributed by atoms with Crippen LogP contribution in [-0.2, 0) is 0 Å². The second kappa shape index (κ2) is 16.4. The first-order valence-corrected chi connectivity index (χ1v) is 23.7. The summed E-state index contributed by atoms with van der Waals surface area (Å²) in [6.07, 6.45) is 7.03. The number of halogens is 3. The molecule has 0 radical (unpaired) electrons. The number of fused-ring (bicyclic) bond motifs is 6. The average molecular weight is 955 g/mol. The fourth-order valence-corrected chi connectivity index (χ4v) is 11.6. The van der Waals surface area contributed by atoms with E-state index in [1.165, 1.54) is 18.2 Å². The van der Waals surface area contributed by atoms with Crippen LogP contribution in [-0.4, -0.2) is 4.01 Å². The zero-order valence-corrected chi connectivity index (χ0v) is 38.2. The molecule has 2 aromatic heterocycles. The minimum absolute atomic E-state index is 0.257. The van der Waals surface area contributed by atoms with Crippen molar-refractivity contribution in [3.8, 4) is 0 Å². The highest BCUT2D eigenvalue weighted by atomic mass is 127. The Morgan fingerprint density at radius 3 is 1.80 bits per heavy atom. The first-order valence-electron chi connectivity index (χ1n) is 21.4. The summed E-state index contributed by atoms with van der Waals surface area (Å²) in [7, 11) is 0. The first-order chi connectivity index (χ1) is 31.0. The van der Waals surface area contributed by atoms with Gasteiger partial charge in [-0.2, -0.15) is 0 Å².